The van der Waals surface area contributed by atoms with Crippen molar-refractivity contribution in [3.8, 4) is 0 Å². The van der Waals surface area contributed by atoms with E-state index in [1.165, 1.54) is 44.1 Å². The van der Waals surface area contributed by atoms with E-state index in [2.05, 4.69) is 27.8 Å². The van der Waals surface area contributed by atoms with Crippen LogP contribution in [0.25, 0.3) is 11.1 Å². The van der Waals surface area contributed by atoms with E-state index < -0.39 is 0 Å². The fourth-order valence-corrected chi connectivity index (χ4v) is 3.04. The lowest BCUT2D eigenvalue weighted by Crippen LogP contribution is -1.92. The Morgan fingerprint density at radius 2 is 1.95 bits per heavy atom. The molecule has 0 fully saturated rings. The average molecular weight is 340 g/mol. The zero-order chi connectivity index (χ0) is 14.4. The third kappa shape index (κ3) is 4.23. The summed E-state index contributed by atoms with van der Waals surface area (Å²) in [5, 5.41) is 0. The number of rotatable bonds is 8. The quantitative estimate of drug-likeness (QED) is 0.523. The minimum Gasteiger partial charge on any atom is -0.408 e. The van der Waals surface area contributed by atoms with Gasteiger partial charge in [0.15, 0.2) is 5.58 Å². The molecular formula is C16H22BrNO2. The first kappa shape index (κ1) is 15.4. The molecule has 0 amide bonds. The van der Waals surface area contributed by atoms with Crippen LogP contribution in [-0.2, 0) is 0 Å². The number of hydrogen-bond donors (Lipinski definition) is 1. The Hall–Kier alpha value is -1.03. The maximum atomic E-state index is 11.1. The second kappa shape index (κ2) is 7.67. The Morgan fingerprint density at radius 3 is 2.75 bits per heavy atom. The van der Waals surface area contributed by atoms with Gasteiger partial charge in [0, 0.05) is 4.83 Å². The predicted molar refractivity (Wildman–Crippen MR) is 86.5 cm³/mol. The largest absolute Gasteiger partial charge is 0.417 e. The molecule has 3 nitrogen and oxygen atoms in total. The van der Waals surface area contributed by atoms with Gasteiger partial charge in [0.2, 0.25) is 0 Å². The van der Waals surface area contributed by atoms with Crippen LogP contribution in [0.1, 0.15) is 62.3 Å². The van der Waals surface area contributed by atoms with Crippen molar-refractivity contribution in [3.05, 3.63) is 34.3 Å². The summed E-state index contributed by atoms with van der Waals surface area (Å²) < 4.78 is 5.10. The minimum absolute atomic E-state index is 0.332. The number of aromatic nitrogens is 1. The maximum Gasteiger partial charge on any atom is 0.417 e. The number of H-pyrrole nitrogens is 1. The molecule has 0 radical (unpaired) electrons. The third-order valence-electron chi connectivity index (χ3n) is 3.62. The van der Waals surface area contributed by atoms with Crippen LogP contribution >= 0.6 is 15.9 Å². The number of unbranched alkanes of at least 4 members (excludes halogenated alkanes) is 5. The molecule has 1 aromatic heterocycles. The minimum atomic E-state index is -0.390. The zero-order valence-electron chi connectivity index (χ0n) is 12.0. The molecule has 0 saturated carbocycles. The summed E-state index contributed by atoms with van der Waals surface area (Å²) in [5.41, 5.74) is 2.58. The summed E-state index contributed by atoms with van der Waals surface area (Å²) in [5.74, 6) is -0.390. The van der Waals surface area contributed by atoms with Crippen molar-refractivity contribution in [2.75, 3.05) is 0 Å². The molecule has 0 aliphatic rings. The zero-order valence-corrected chi connectivity index (χ0v) is 13.5. The molecule has 0 bridgehead atoms. The van der Waals surface area contributed by atoms with Crippen molar-refractivity contribution in [2.45, 2.75) is 56.7 Å². The van der Waals surface area contributed by atoms with Crippen LogP contribution in [0.2, 0.25) is 0 Å². The fraction of sp³-hybridized carbons (Fsp3) is 0.562. The van der Waals surface area contributed by atoms with Crippen LogP contribution in [0.3, 0.4) is 0 Å². The van der Waals surface area contributed by atoms with E-state index in [1.807, 2.05) is 18.2 Å². The molecule has 1 unspecified atom stereocenters. The molecule has 2 aromatic rings. The highest BCUT2D eigenvalue weighted by Crippen LogP contribution is 2.30. The number of fused-ring (bicyclic) bond motifs is 1. The van der Waals surface area contributed by atoms with Gasteiger partial charge < -0.3 is 4.42 Å². The number of aromatic amines is 1. The van der Waals surface area contributed by atoms with Gasteiger partial charge in [0.25, 0.3) is 0 Å². The topological polar surface area (TPSA) is 46.0 Å². The van der Waals surface area contributed by atoms with Gasteiger partial charge in [-0.25, -0.2) is 4.79 Å². The molecule has 1 heterocycles. The van der Waals surface area contributed by atoms with E-state index in [1.54, 1.807) is 0 Å². The van der Waals surface area contributed by atoms with E-state index in [-0.39, 0.29) is 5.76 Å². The summed E-state index contributed by atoms with van der Waals surface area (Å²) in [6.45, 7) is 2.24. The molecule has 1 aromatic carbocycles. The standard InChI is InChI=1S/C16H22BrNO2/c1-2-3-4-5-6-7-8-13(17)12-9-10-14-15(11-12)20-16(19)18-14/h9-11,13H,2-8H2,1H3,(H,18,19). The highest BCUT2D eigenvalue weighted by molar-refractivity contribution is 9.09. The van der Waals surface area contributed by atoms with Crippen molar-refractivity contribution < 1.29 is 4.42 Å². The highest BCUT2D eigenvalue weighted by atomic mass is 79.9. The summed E-state index contributed by atoms with van der Waals surface area (Å²) in [6, 6.07) is 5.90. The Bertz CT molecular complexity index is 587. The number of nitrogens with one attached hydrogen (secondary N) is 1. The van der Waals surface area contributed by atoms with Crippen LogP contribution in [-0.4, -0.2) is 4.98 Å². The van der Waals surface area contributed by atoms with Crippen LogP contribution in [0.15, 0.2) is 27.4 Å². The number of halogens is 1. The lowest BCUT2D eigenvalue weighted by molar-refractivity contribution is 0.554. The molecule has 20 heavy (non-hydrogen) atoms. The van der Waals surface area contributed by atoms with Gasteiger partial charge in [0.05, 0.1) is 5.52 Å². The Balaban J connectivity index is 1.84. The molecule has 0 saturated heterocycles. The summed E-state index contributed by atoms with van der Waals surface area (Å²) in [6.07, 6.45) is 8.97. The van der Waals surface area contributed by atoms with E-state index in [0.717, 1.165) is 11.9 Å². The number of oxazole rings is 1. The van der Waals surface area contributed by atoms with Crippen LogP contribution < -0.4 is 5.76 Å². The molecule has 0 spiro atoms. The van der Waals surface area contributed by atoms with Crippen molar-refractivity contribution in [1.29, 1.82) is 0 Å². The summed E-state index contributed by atoms with van der Waals surface area (Å²) in [7, 11) is 0. The van der Waals surface area contributed by atoms with E-state index >= 15 is 0 Å². The average Bonchev–Trinajstić information content (AvgIpc) is 2.81. The lowest BCUT2D eigenvalue weighted by Gasteiger charge is -2.09. The molecule has 2 rings (SSSR count). The lowest BCUT2D eigenvalue weighted by atomic mass is 10.0. The van der Waals surface area contributed by atoms with Gasteiger partial charge in [-0.2, -0.15) is 0 Å². The third-order valence-corrected chi connectivity index (χ3v) is 4.60. The monoisotopic (exact) mass is 339 g/mol. The molecule has 0 aliphatic carbocycles. The van der Waals surface area contributed by atoms with Gasteiger partial charge in [0.1, 0.15) is 0 Å². The first-order valence-electron chi connectivity index (χ1n) is 7.47. The van der Waals surface area contributed by atoms with Crippen LogP contribution in [0.4, 0.5) is 0 Å². The second-order valence-electron chi connectivity index (χ2n) is 5.29. The van der Waals surface area contributed by atoms with E-state index in [4.69, 9.17) is 4.42 Å². The molecular weight excluding hydrogens is 318 g/mol. The van der Waals surface area contributed by atoms with Gasteiger partial charge >= 0.3 is 5.76 Å². The molecule has 1 atom stereocenters. The SMILES string of the molecule is CCCCCCCCC(Br)c1ccc2[nH]c(=O)oc2c1. The number of alkyl halides is 1. The summed E-state index contributed by atoms with van der Waals surface area (Å²) >= 11 is 3.73. The smallest absolute Gasteiger partial charge is 0.408 e. The van der Waals surface area contributed by atoms with Gasteiger partial charge in [-0.3, -0.25) is 4.98 Å². The van der Waals surface area contributed by atoms with Crippen molar-refractivity contribution in [1.82, 2.24) is 4.98 Å². The number of benzene rings is 1. The second-order valence-corrected chi connectivity index (χ2v) is 6.40. The summed E-state index contributed by atoms with van der Waals surface area (Å²) in [4.78, 5) is 14.1. The first-order valence-corrected chi connectivity index (χ1v) is 8.39. The van der Waals surface area contributed by atoms with Crippen molar-refractivity contribution in [2.24, 2.45) is 0 Å². The Kier molecular flexibility index (Phi) is 5.89. The molecule has 110 valence electrons. The Morgan fingerprint density at radius 1 is 1.20 bits per heavy atom. The molecule has 4 heteroatoms. The van der Waals surface area contributed by atoms with Gasteiger partial charge in [-0.05, 0) is 24.1 Å². The van der Waals surface area contributed by atoms with Crippen molar-refractivity contribution in [3.63, 3.8) is 0 Å². The molecule has 0 aliphatic heterocycles. The van der Waals surface area contributed by atoms with E-state index in [9.17, 15) is 4.79 Å². The maximum absolute atomic E-state index is 11.1. The van der Waals surface area contributed by atoms with E-state index in [0.29, 0.717) is 10.4 Å². The first-order chi connectivity index (χ1) is 9.70. The number of hydrogen-bond acceptors (Lipinski definition) is 2. The van der Waals surface area contributed by atoms with Gasteiger partial charge in [-0.15, -0.1) is 0 Å². The normalized spacial score (nSPS) is 12.9. The Labute approximate surface area is 127 Å². The van der Waals surface area contributed by atoms with Crippen LogP contribution in [0.5, 0.6) is 0 Å². The fourth-order valence-electron chi connectivity index (χ4n) is 2.43. The van der Waals surface area contributed by atoms with Gasteiger partial charge in [-0.1, -0.05) is 67.4 Å². The van der Waals surface area contributed by atoms with Crippen LogP contribution in [0, 0.1) is 0 Å². The highest BCUT2D eigenvalue weighted by Gasteiger charge is 2.09. The predicted octanol–water partition coefficient (Wildman–Crippen LogP) is 5.31. The van der Waals surface area contributed by atoms with Crippen molar-refractivity contribution >= 4 is 27.0 Å². The molecule has 1 N–H and O–H groups in total.